The van der Waals surface area contributed by atoms with Gasteiger partial charge in [-0.1, -0.05) is 29.0 Å². The molecule has 0 atom stereocenters. The van der Waals surface area contributed by atoms with Crippen molar-refractivity contribution in [3.8, 4) is 0 Å². The third-order valence-corrected chi connectivity index (χ3v) is 7.43. The lowest BCUT2D eigenvalue weighted by Gasteiger charge is -2.34. The van der Waals surface area contributed by atoms with E-state index >= 15 is 0 Å². The fourth-order valence-electron chi connectivity index (χ4n) is 3.50. The molecule has 1 aromatic heterocycles. The fraction of sp³-hybridized carbons (Fsp3) is 0.333. The Balaban J connectivity index is 1.49. The van der Waals surface area contributed by atoms with Crippen LogP contribution in [0, 0.1) is 13.8 Å². The molecule has 0 aliphatic carbocycles. The largest absolute Gasteiger partial charge is 0.345 e. The number of benzene rings is 2. The van der Waals surface area contributed by atoms with Gasteiger partial charge in [0.1, 0.15) is 0 Å². The van der Waals surface area contributed by atoms with Gasteiger partial charge in [-0.05, 0) is 43.7 Å². The van der Waals surface area contributed by atoms with Crippen LogP contribution < -0.4 is 4.90 Å². The molecule has 1 amide bonds. The van der Waals surface area contributed by atoms with Gasteiger partial charge in [0.2, 0.25) is 0 Å². The van der Waals surface area contributed by atoms with Crippen molar-refractivity contribution in [3.63, 3.8) is 0 Å². The molecule has 1 saturated heterocycles. The number of anilines is 1. The molecular weight excluding hydrogens is 406 g/mol. The number of hydrogen-bond donors (Lipinski definition) is 0. The molecule has 8 heteroatoms. The third-order valence-electron chi connectivity index (χ3n) is 5.24. The molecule has 6 nitrogen and oxygen atoms in total. The van der Waals surface area contributed by atoms with Crippen molar-refractivity contribution in [2.75, 3.05) is 37.3 Å². The summed E-state index contributed by atoms with van der Waals surface area (Å²) in [5.74, 6) is 0.0768. The first kappa shape index (κ1) is 19.8. The number of hydrogen-bond acceptors (Lipinski definition) is 6. The van der Waals surface area contributed by atoms with Crippen LogP contribution in [0.25, 0.3) is 10.2 Å². The Kier molecular flexibility index (Phi) is 5.08. The topological polar surface area (TPSA) is 70.6 Å². The molecule has 0 bridgehead atoms. The molecule has 0 N–H and O–H groups in total. The van der Waals surface area contributed by atoms with Crippen molar-refractivity contribution in [3.05, 3.63) is 53.1 Å². The van der Waals surface area contributed by atoms with Crippen molar-refractivity contribution in [1.29, 1.82) is 0 Å². The Morgan fingerprint density at radius 2 is 1.76 bits per heavy atom. The molecule has 2 aromatic carbocycles. The van der Waals surface area contributed by atoms with Crippen molar-refractivity contribution in [1.82, 2.24) is 9.88 Å². The highest BCUT2D eigenvalue weighted by Gasteiger charge is 2.25. The minimum atomic E-state index is -3.24. The fourth-order valence-corrected chi connectivity index (χ4v) is 5.27. The summed E-state index contributed by atoms with van der Waals surface area (Å²) in [6, 6.07) is 11.0. The number of amides is 1. The van der Waals surface area contributed by atoms with Gasteiger partial charge in [0.05, 0.1) is 15.1 Å². The first-order valence-electron chi connectivity index (χ1n) is 9.44. The maximum absolute atomic E-state index is 12.9. The molecule has 0 spiro atoms. The monoisotopic (exact) mass is 429 g/mol. The average molecular weight is 430 g/mol. The van der Waals surface area contributed by atoms with E-state index in [0.29, 0.717) is 31.1 Å². The number of fused-ring (bicyclic) bond motifs is 1. The second-order valence-electron chi connectivity index (χ2n) is 7.50. The van der Waals surface area contributed by atoms with Crippen LogP contribution in [0.2, 0.25) is 0 Å². The van der Waals surface area contributed by atoms with E-state index in [4.69, 9.17) is 0 Å². The number of sulfone groups is 1. The summed E-state index contributed by atoms with van der Waals surface area (Å²) in [4.78, 5) is 22.0. The normalized spacial score (nSPS) is 15.1. The van der Waals surface area contributed by atoms with E-state index in [-0.39, 0.29) is 5.91 Å². The Hall–Kier alpha value is -2.45. The Morgan fingerprint density at radius 1 is 1.03 bits per heavy atom. The summed E-state index contributed by atoms with van der Waals surface area (Å²) < 4.78 is 24.4. The minimum absolute atomic E-state index is 0.0768. The van der Waals surface area contributed by atoms with Gasteiger partial charge in [0, 0.05) is 38.0 Å². The number of thiazole rings is 1. The van der Waals surface area contributed by atoms with Gasteiger partial charge in [0.15, 0.2) is 15.0 Å². The molecule has 4 rings (SSSR count). The zero-order chi connectivity index (χ0) is 20.8. The maximum Gasteiger partial charge on any atom is 0.254 e. The molecule has 1 fully saturated rings. The van der Waals surface area contributed by atoms with Gasteiger partial charge >= 0.3 is 0 Å². The lowest BCUT2D eigenvalue weighted by atomic mass is 10.0. The predicted molar refractivity (Wildman–Crippen MR) is 117 cm³/mol. The summed E-state index contributed by atoms with van der Waals surface area (Å²) in [5.41, 5.74) is 3.65. The molecule has 2 heterocycles. The number of carbonyl (C=O) groups is 1. The highest BCUT2D eigenvalue weighted by atomic mass is 32.2. The number of piperazine rings is 1. The number of nitrogens with zero attached hydrogens (tertiary/aromatic N) is 3. The molecular formula is C21H23N3O3S2. The van der Waals surface area contributed by atoms with E-state index < -0.39 is 9.84 Å². The Bertz CT molecular complexity index is 1190. The first-order chi connectivity index (χ1) is 13.7. The summed E-state index contributed by atoms with van der Waals surface area (Å²) >= 11 is 1.49. The van der Waals surface area contributed by atoms with E-state index in [9.17, 15) is 13.2 Å². The van der Waals surface area contributed by atoms with E-state index in [1.807, 2.05) is 36.9 Å². The highest BCUT2D eigenvalue weighted by molar-refractivity contribution is 7.90. The number of rotatable bonds is 3. The Morgan fingerprint density at radius 3 is 2.45 bits per heavy atom. The summed E-state index contributed by atoms with van der Waals surface area (Å²) in [6.07, 6.45) is 1.21. The van der Waals surface area contributed by atoms with Crippen LogP contribution in [-0.4, -0.2) is 56.6 Å². The van der Waals surface area contributed by atoms with Crippen LogP contribution in [0.15, 0.2) is 41.3 Å². The van der Waals surface area contributed by atoms with Crippen LogP contribution in [0.4, 0.5) is 5.13 Å². The SMILES string of the molecule is Cc1ccc(C)c(C(=O)N2CCN(c3nc4ccc(S(C)(=O)=O)cc4s3)CC2)c1. The maximum atomic E-state index is 12.9. The van der Waals surface area contributed by atoms with Crippen molar-refractivity contribution in [2.45, 2.75) is 18.7 Å². The molecule has 0 saturated carbocycles. The standard InChI is InChI=1S/C21H23N3O3S2/c1-14-4-5-15(2)17(12-14)20(25)23-8-10-24(11-9-23)21-22-18-7-6-16(29(3,26)27)13-19(18)28-21/h4-7,12-13H,8-11H2,1-3H3. The van der Waals surface area contributed by atoms with Crippen LogP contribution in [-0.2, 0) is 9.84 Å². The van der Waals surface area contributed by atoms with E-state index in [1.165, 1.54) is 17.6 Å². The van der Waals surface area contributed by atoms with Crippen molar-refractivity contribution in [2.24, 2.45) is 0 Å². The molecule has 0 radical (unpaired) electrons. The van der Waals surface area contributed by atoms with Gasteiger partial charge < -0.3 is 9.80 Å². The lowest BCUT2D eigenvalue weighted by Crippen LogP contribution is -2.48. The average Bonchev–Trinajstić information content (AvgIpc) is 3.12. The number of aryl methyl sites for hydroxylation is 2. The third kappa shape index (κ3) is 4.00. The smallest absolute Gasteiger partial charge is 0.254 e. The number of aromatic nitrogens is 1. The van der Waals surface area contributed by atoms with E-state index in [0.717, 1.165) is 32.0 Å². The second-order valence-corrected chi connectivity index (χ2v) is 10.5. The van der Waals surface area contributed by atoms with Crippen molar-refractivity contribution >= 4 is 42.4 Å². The molecule has 1 aliphatic rings. The Labute approximate surface area is 174 Å². The highest BCUT2D eigenvalue weighted by Crippen LogP contribution is 2.31. The predicted octanol–water partition coefficient (Wildman–Crippen LogP) is 3.28. The zero-order valence-corrected chi connectivity index (χ0v) is 18.3. The summed E-state index contributed by atoms with van der Waals surface area (Å²) in [7, 11) is -3.24. The van der Waals surface area contributed by atoms with Crippen LogP contribution in [0.5, 0.6) is 0 Å². The van der Waals surface area contributed by atoms with Gasteiger partial charge in [-0.2, -0.15) is 0 Å². The van der Waals surface area contributed by atoms with E-state index in [1.54, 1.807) is 18.2 Å². The lowest BCUT2D eigenvalue weighted by molar-refractivity contribution is 0.0746. The molecule has 29 heavy (non-hydrogen) atoms. The van der Waals surface area contributed by atoms with Gasteiger partial charge in [-0.25, -0.2) is 13.4 Å². The molecule has 3 aromatic rings. The number of carbonyl (C=O) groups excluding carboxylic acids is 1. The van der Waals surface area contributed by atoms with Gasteiger partial charge in [-0.3, -0.25) is 4.79 Å². The molecule has 152 valence electrons. The minimum Gasteiger partial charge on any atom is -0.345 e. The van der Waals surface area contributed by atoms with Crippen LogP contribution in [0.3, 0.4) is 0 Å². The zero-order valence-electron chi connectivity index (χ0n) is 16.7. The van der Waals surface area contributed by atoms with Crippen molar-refractivity contribution < 1.29 is 13.2 Å². The van der Waals surface area contributed by atoms with Gasteiger partial charge in [-0.15, -0.1) is 0 Å². The van der Waals surface area contributed by atoms with Crippen LogP contribution >= 0.6 is 11.3 Å². The van der Waals surface area contributed by atoms with Gasteiger partial charge in [0.25, 0.3) is 5.91 Å². The quantitative estimate of drug-likeness (QED) is 0.639. The molecule has 1 aliphatic heterocycles. The second kappa shape index (κ2) is 7.42. The summed E-state index contributed by atoms with van der Waals surface area (Å²) in [6.45, 7) is 6.64. The molecule has 0 unspecified atom stereocenters. The first-order valence-corrected chi connectivity index (χ1v) is 12.2. The van der Waals surface area contributed by atoms with E-state index in [2.05, 4.69) is 9.88 Å². The summed E-state index contributed by atoms with van der Waals surface area (Å²) in [5, 5.41) is 0.865. The van der Waals surface area contributed by atoms with Crippen LogP contribution in [0.1, 0.15) is 21.5 Å².